The molecule has 0 saturated carbocycles. The molecule has 0 N–H and O–H groups in total. The number of benzene rings is 10. The van der Waals surface area contributed by atoms with Crippen LogP contribution >= 0.6 is 0 Å². The third-order valence-corrected chi connectivity index (χ3v) is 13.3. The van der Waals surface area contributed by atoms with Crippen molar-refractivity contribution in [1.29, 1.82) is 0 Å². The second-order valence-electron chi connectivity index (χ2n) is 16.7. The Hall–Kier alpha value is -7.42. The molecule has 59 heavy (non-hydrogen) atoms. The van der Waals surface area contributed by atoms with Gasteiger partial charge in [0.05, 0.1) is 5.39 Å². The van der Waals surface area contributed by atoms with Crippen molar-refractivity contribution < 1.29 is 8.83 Å². The van der Waals surface area contributed by atoms with Gasteiger partial charge in [-0.3, -0.25) is 0 Å². The molecule has 0 amide bonds. The van der Waals surface area contributed by atoms with Crippen LogP contribution in [0.15, 0.2) is 191 Å². The predicted molar refractivity (Wildman–Crippen MR) is 247 cm³/mol. The van der Waals surface area contributed by atoms with E-state index < -0.39 is 0 Å². The fourth-order valence-electron chi connectivity index (χ4n) is 10.5. The molecule has 12 aromatic rings. The Balaban J connectivity index is 0.975. The zero-order chi connectivity index (χ0) is 39.0. The van der Waals surface area contributed by atoms with Gasteiger partial charge in [-0.25, -0.2) is 0 Å². The number of hydrogen-bond donors (Lipinski definition) is 0. The second kappa shape index (κ2) is 11.8. The number of rotatable bonds is 3. The van der Waals surface area contributed by atoms with Crippen LogP contribution in [0.4, 0.5) is 0 Å². The zero-order valence-electron chi connectivity index (χ0n) is 32.6. The molecule has 2 nitrogen and oxygen atoms in total. The van der Waals surface area contributed by atoms with Crippen molar-refractivity contribution in [3.63, 3.8) is 0 Å². The van der Waals surface area contributed by atoms with Crippen LogP contribution in [-0.2, 0) is 5.41 Å². The zero-order valence-corrected chi connectivity index (χ0v) is 32.6. The number of fused-ring (bicyclic) bond motifs is 14. The summed E-state index contributed by atoms with van der Waals surface area (Å²) < 4.78 is 13.5. The van der Waals surface area contributed by atoms with Crippen molar-refractivity contribution in [2.75, 3.05) is 0 Å². The number of hydrogen-bond acceptors (Lipinski definition) is 2. The van der Waals surface area contributed by atoms with Crippen molar-refractivity contribution >= 4 is 76.2 Å². The van der Waals surface area contributed by atoms with Crippen LogP contribution in [0, 0.1) is 0 Å². The van der Waals surface area contributed by atoms with E-state index in [1.807, 2.05) is 0 Å². The quantitative estimate of drug-likeness (QED) is 0.168. The first-order chi connectivity index (χ1) is 29.0. The van der Waals surface area contributed by atoms with E-state index >= 15 is 0 Å². The average Bonchev–Trinajstić information content (AvgIpc) is 3.93. The molecule has 0 aliphatic heterocycles. The van der Waals surface area contributed by atoms with Gasteiger partial charge in [0.1, 0.15) is 22.3 Å². The summed E-state index contributed by atoms with van der Waals surface area (Å²) >= 11 is 0. The Morgan fingerprint density at radius 3 is 1.73 bits per heavy atom. The highest BCUT2D eigenvalue weighted by Crippen LogP contribution is 2.53. The first-order valence-electron chi connectivity index (χ1n) is 20.5. The summed E-state index contributed by atoms with van der Waals surface area (Å²) in [6.45, 7) is 4.75. The van der Waals surface area contributed by atoms with Crippen LogP contribution < -0.4 is 0 Å². The molecule has 13 rings (SSSR count). The van der Waals surface area contributed by atoms with E-state index in [1.165, 1.54) is 71.4 Å². The predicted octanol–water partition coefficient (Wildman–Crippen LogP) is 16.3. The first-order valence-corrected chi connectivity index (χ1v) is 20.5. The minimum absolute atomic E-state index is 0.183. The largest absolute Gasteiger partial charge is 0.455 e. The summed E-state index contributed by atoms with van der Waals surface area (Å²) in [4.78, 5) is 0. The van der Waals surface area contributed by atoms with E-state index in [2.05, 4.69) is 196 Å². The summed E-state index contributed by atoms with van der Waals surface area (Å²) in [5.74, 6) is 0. The normalized spacial score (nSPS) is 13.4. The molecule has 1 aliphatic carbocycles. The highest BCUT2D eigenvalue weighted by atomic mass is 16.3. The van der Waals surface area contributed by atoms with E-state index in [4.69, 9.17) is 8.83 Å². The van der Waals surface area contributed by atoms with E-state index in [-0.39, 0.29) is 5.41 Å². The fraction of sp³-hybridized carbons (Fsp3) is 0.0526. The van der Waals surface area contributed by atoms with Gasteiger partial charge in [0, 0.05) is 32.5 Å². The van der Waals surface area contributed by atoms with Gasteiger partial charge >= 0.3 is 0 Å². The molecule has 2 heterocycles. The molecule has 276 valence electrons. The van der Waals surface area contributed by atoms with Gasteiger partial charge in [-0.2, -0.15) is 0 Å². The lowest BCUT2D eigenvalue weighted by atomic mass is 9.80. The van der Waals surface area contributed by atoms with E-state index in [9.17, 15) is 0 Å². The Morgan fingerprint density at radius 2 is 0.966 bits per heavy atom. The van der Waals surface area contributed by atoms with E-state index in [1.54, 1.807) is 0 Å². The maximum Gasteiger partial charge on any atom is 0.147 e. The summed E-state index contributed by atoms with van der Waals surface area (Å²) in [6.07, 6.45) is 0. The van der Waals surface area contributed by atoms with Gasteiger partial charge in [-0.15, -0.1) is 0 Å². The van der Waals surface area contributed by atoms with Gasteiger partial charge in [0.25, 0.3) is 0 Å². The molecule has 2 aromatic heterocycles. The number of para-hydroxylation sites is 1. The topological polar surface area (TPSA) is 26.3 Å². The molecule has 0 atom stereocenters. The SMILES string of the molecule is CC1(C)c2ccc(-c3cccc4c3oc3ccc5c6ccc7ccccc7c6oc5c34)cc2-c2ccc(-c3c4ccccc4c(-c4ccccc4)c4ccccc34)cc21. The molecule has 2 heteroatoms. The molecule has 1 aliphatic rings. The van der Waals surface area contributed by atoms with Crippen LogP contribution in [0.3, 0.4) is 0 Å². The third-order valence-electron chi connectivity index (χ3n) is 13.3. The van der Waals surface area contributed by atoms with Crippen LogP contribution in [0.5, 0.6) is 0 Å². The summed E-state index contributed by atoms with van der Waals surface area (Å²) in [5.41, 5.74) is 15.9. The van der Waals surface area contributed by atoms with Gasteiger partial charge in [-0.05, 0) is 107 Å². The molecular weight excluding hydrogens is 717 g/mol. The van der Waals surface area contributed by atoms with Crippen LogP contribution in [0.25, 0.3) is 121 Å². The standard InChI is InChI=1S/C57H36O2/c1-57(2)48-29-25-35(38-21-12-22-46-53-50(58-55(38)46)30-28-45-44-27-23-33-13-6-7-16-37(33)54(44)59-56(45)53)31-47(48)39-26-24-36(32-49(39)57)52-42-19-10-8-17-40(42)51(34-14-4-3-5-15-34)41-18-9-11-20-43(41)52/h3-32H,1-2H3. The van der Waals surface area contributed by atoms with Gasteiger partial charge < -0.3 is 8.83 Å². The van der Waals surface area contributed by atoms with Crippen molar-refractivity contribution in [3.05, 3.63) is 193 Å². The Kier molecular flexibility index (Phi) is 6.54. The molecular formula is C57H36O2. The summed E-state index contributed by atoms with van der Waals surface area (Å²) in [7, 11) is 0. The maximum atomic E-state index is 6.77. The summed E-state index contributed by atoms with van der Waals surface area (Å²) in [6, 6.07) is 66.4. The molecule has 0 radical (unpaired) electrons. The number of furan rings is 2. The van der Waals surface area contributed by atoms with Gasteiger partial charge in [-0.1, -0.05) is 166 Å². The third kappa shape index (κ3) is 4.46. The lowest BCUT2D eigenvalue weighted by molar-refractivity contribution is 0.660. The fourth-order valence-corrected chi connectivity index (χ4v) is 10.5. The minimum Gasteiger partial charge on any atom is -0.455 e. The van der Waals surface area contributed by atoms with Crippen LogP contribution in [-0.4, -0.2) is 0 Å². The molecule has 0 spiro atoms. The Bertz CT molecular complexity index is 3690. The molecule has 0 fully saturated rings. The lowest BCUT2D eigenvalue weighted by Crippen LogP contribution is -2.15. The molecule has 0 saturated heterocycles. The molecule has 10 aromatic carbocycles. The second-order valence-corrected chi connectivity index (χ2v) is 16.7. The highest BCUT2D eigenvalue weighted by Gasteiger charge is 2.36. The summed E-state index contributed by atoms with van der Waals surface area (Å²) in [5, 5.41) is 11.7. The van der Waals surface area contributed by atoms with Crippen LogP contribution in [0.1, 0.15) is 25.0 Å². The van der Waals surface area contributed by atoms with Crippen molar-refractivity contribution in [2.24, 2.45) is 0 Å². The van der Waals surface area contributed by atoms with Crippen molar-refractivity contribution in [2.45, 2.75) is 19.3 Å². The smallest absolute Gasteiger partial charge is 0.147 e. The Labute approximate surface area is 340 Å². The minimum atomic E-state index is -0.183. The molecule has 0 bridgehead atoms. The van der Waals surface area contributed by atoms with E-state index in [0.717, 1.165) is 60.4 Å². The Morgan fingerprint density at radius 1 is 0.339 bits per heavy atom. The maximum absolute atomic E-state index is 6.77. The molecule has 0 unspecified atom stereocenters. The highest BCUT2D eigenvalue weighted by molar-refractivity contribution is 6.26. The first kappa shape index (κ1) is 32.6. The van der Waals surface area contributed by atoms with Gasteiger partial charge in [0.2, 0.25) is 0 Å². The lowest BCUT2D eigenvalue weighted by Gasteiger charge is -2.23. The van der Waals surface area contributed by atoms with Gasteiger partial charge in [0.15, 0.2) is 0 Å². The van der Waals surface area contributed by atoms with Crippen molar-refractivity contribution in [3.8, 4) is 44.5 Å². The monoisotopic (exact) mass is 752 g/mol. The van der Waals surface area contributed by atoms with E-state index in [0.29, 0.717) is 0 Å². The average molecular weight is 753 g/mol. The van der Waals surface area contributed by atoms with Crippen molar-refractivity contribution in [1.82, 2.24) is 0 Å². The van der Waals surface area contributed by atoms with Crippen LogP contribution in [0.2, 0.25) is 0 Å².